The quantitative estimate of drug-likeness (QED) is 0.501. The first-order chi connectivity index (χ1) is 16.5. The second-order valence-corrected chi connectivity index (χ2v) is 7.87. The lowest BCUT2D eigenvalue weighted by Crippen LogP contribution is -2.45. The highest BCUT2D eigenvalue weighted by Gasteiger charge is 2.17. The Kier molecular flexibility index (Phi) is 6.98. The van der Waals surface area contributed by atoms with Crippen molar-refractivity contribution in [3.8, 4) is 0 Å². The minimum Gasteiger partial charge on any atom is -0.404 e. The number of nitrogens with two attached hydrogens (primary N) is 1. The molecule has 3 heterocycles. The number of rotatable bonds is 5. The number of fused-ring (bicyclic) bond motifs is 1. The monoisotopic (exact) mass is 463 g/mol. The Bertz CT molecular complexity index is 1280. The van der Waals surface area contributed by atoms with Gasteiger partial charge in [-0.15, -0.1) is 0 Å². The zero-order valence-corrected chi connectivity index (χ0v) is 18.8. The predicted octanol–water partition coefficient (Wildman–Crippen LogP) is 2.04. The topological polar surface area (TPSA) is 118 Å². The summed E-state index contributed by atoms with van der Waals surface area (Å²) in [5.74, 6) is -0.715. The van der Waals surface area contributed by atoms with Crippen LogP contribution in [0.25, 0.3) is 16.6 Å². The van der Waals surface area contributed by atoms with Crippen molar-refractivity contribution in [2.45, 2.75) is 6.54 Å². The van der Waals surface area contributed by atoms with Crippen LogP contribution in [-0.2, 0) is 13.6 Å². The standard InChI is InChI=1S/C24H26FN7O2/c1-31-21(23(33)28-14-17-4-2-3-5-19(17)25)12-16-6-7-20(30-22(16)31)18(13-26)15-29-24(34)32-10-8-27-9-11-32/h2-7,12-13,15,27H,8-11,14,26H2,1H3,(H,28,33)/b18-13+,29-15+. The third kappa shape index (κ3) is 4.96. The molecule has 0 aliphatic carbocycles. The van der Waals surface area contributed by atoms with Crippen LogP contribution in [0.3, 0.4) is 0 Å². The van der Waals surface area contributed by atoms with E-state index in [-0.39, 0.29) is 24.3 Å². The number of hydrogen-bond acceptors (Lipinski definition) is 5. The van der Waals surface area contributed by atoms with Gasteiger partial charge in [-0.1, -0.05) is 18.2 Å². The van der Waals surface area contributed by atoms with Gasteiger partial charge >= 0.3 is 6.03 Å². The van der Waals surface area contributed by atoms with E-state index >= 15 is 0 Å². The number of carbonyl (C=O) groups excluding carboxylic acids is 2. The van der Waals surface area contributed by atoms with Crippen LogP contribution in [-0.4, -0.2) is 58.8 Å². The second kappa shape index (κ2) is 10.3. The van der Waals surface area contributed by atoms with Crippen molar-refractivity contribution in [2.24, 2.45) is 17.8 Å². The summed E-state index contributed by atoms with van der Waals surface area (Å²) in [5, 5.41) is 6.69. The van der Waals surface area contributed by atoms with Crippen molar-refractivity contribution in [3.05, 3.63) is 71.4 Å². The number of aliphatic imine (C=N–C) groups is 1. The van der Waals surface area contributed by atoms with Crippen LogP contribution in [0.4, 0.5) is 9.18 Å². The van der Waals surface area contributed by atoms with Gasteiger partial charge in [0, 0.05) is 68.7 Å². The van der Waals surface area contributed by atoms with Crippen molar-refractivity contribution in [2.75, 3.05) is 26.2 Å². The third-order valence-electron chi connectivity index (χ3n) is 5.68. The molecule has 4 N–H and O–H groups in total. The van der Waals surface area contributed by atoms with E-state index in [0.717, 1.165) is 18.5 Å². The summed E-state index contributed by atoms with van der Waals surface area (Å²) in [4.78, 5) is 35.4. The number of hydrogen-bond donors (Lipinski definition) is 3. The number of carbonyl (C=O) groups is 2. The Hall–Kier alpha value is -4.05. The molecule has 0 unspecified atom stereocenters. The summed E-state index contributed by atoms with van der Waals surface area (Å²) < 4.78 is 15.5. The number of halogens is 1. The number of aryl methyl sites for hydroxylation is 1. The van der Waals surface area contributed by atoms with E-state index in [1.165, 1.54) is 18.5 Å². The highest BCUT2D eigenvalue weighted by atomic mass is 19.1. The lowest BCUT2D eigenvalue weighted by atomic mass is 10.2. The van der Waals surface area contributed by atoms with Gasteiger partial charge in [0.2, 0.25) is 0 Å². The van der Waals surface area contributed by atoms with Gasteiger partial charge in [0.25, 0.3) is 5.91 Å². The highest BCUT2D eigenvalue weighted by molar-refractivity contribution is 6.12. The van der Waals surface area contributed by atoms with Gasteiger partial charge in [-0.05, 0) is 24.3 Å². The Balaban J connectivity index is 1.51. The minimum absolute atomic E-state index is 0.0728. The Morgan fingerprint density at radius 1 is 1.24 bits per heavy atom. The summed E-state index contributed by atoms with van der Waals surface area (Å²) in [6.45, 7) is 2.76. The largest absolute Gasteiger partial charge is 0.404 e. The van der Waals surface area contributed by atoms with E-state index in [1.54, 1.807) is 46.8 Å². The average molecular weight is 464 g/mol. The summed E-state index contributed by atoms with van der Waals surface area (Å²) in [6, 6.07) is 11.3. The third-order valence-corrected chi connectivity index (χ3v) is 5.68. The van der Waals surface area contributed by atoms with Crippen LogP contribution in [0.5, 0.6) is 0 Å². The SMILES string of the molecule is Cn1c(C(=O)NCc2ccccc2F)cc2ccc(C(=C/N)/C=N/C(=O)N3CCNCC3)nc21. The second-order valence-electron chi connectivity index (χ2n) is 7.87. The Labute approximate surface area is 196 Å². The molecule has 2 aromatic heterocycles. The van der Waals surface area contributed by atoms with E-state index in [0.29, 0.717) is 41.3 Å². The van der Waals surface area contributed by atoms with Crippen LogP contribution in [0.2, 0.25) is 0 Å². The molecule has 10 heteroatoms. The molecule has 4 rings (SSSR count). The molecule has 1 aliphatic heterocycles. The molecular weight excluding hydrogens is 437 g/mol. The van der Waals surface area contributed by atoms with Crippen LogP contribution >= 0.6 is 0 Å². The highest BCUT2D eigenvalue weighted by Crippen LogP contribution is 2.20. The molecule has 0 atom stereocenters. The maximum atomic E-state index is 13.8. The molecule has 9 nitrogen and oxygen atoms in total. The molecule has 3 aromatic rings. The first-order valence-corrected chi connectivity index (χ1v) is 10.9. The molecule has 1 fully saturated rings. The van der Waals surface area contributed by atoms with Crippen molar-refractivity contribution in [1.29, 1.82) is 0 Å². The average Bonchev–Trinajstić information content (AvgIpc) is 3.20. The zero-order valence-electron chi connectivity index (χ0n) is 18.8. The number of nitrogens with one attached hydrogen (secondary N) is 2. The van der Waals surface area contributed by atoms with E-state index in [9.17, 15) is 14.0 Å². The van der Waals surface area contributed by atoms with Crippen molar-refractivity contribution in [3.63, 3.8) is 0 Å². The van der Waals surface area contributed by atoms with Gasteiger partial charge in [0.15, 0.2) is 0 Å². The minimum atomic E-state index is -0.371. The Morgan fingerprint density at radius 3 is 2.74 bits per heavy atom. The first-order valence-electron chi connectivity index (χ1n) is 10.9. The molecule has 0 bridgehead atoms. The molecule has 1 aliphatic rings. The summed E-state index contributed by atoms with van der Waals surface area (Å²) >= 11 is 0. The molecule has 1 saturated heterocycles. The molecule has 1 aromatic carbocycles. The molecule has 176 valence electrons. The normalized spacial score (nSPS) is 14.6. The van der Waals surface area contributed by atoms with Crippen LogP contribution < -0.4 is 16.4 Å². The van der Waals surface area contributed by atoms with Crippen LogP contribution in [0, 0.1) is 5.82 Å². The van der Waals surface area contributed by atoms with E-state index in [4.69, 9.17) is 5.73 Å². The molecule has 3 amide bonds. The van der Waals surface area contributed by atoms with Crippen molar-refractivity contribution in [1.82, 2.24) is 25.1 Å². The summed E-state index contributed by atoms with van der Waals surface area (Å²) in [6.07, 6.45) is 2.75. The van der Waals surface area contributed by atoms with Gasteiger partial charge in [0.1, 0.15) is 17.2 Å². The summed E-state index contributed by atoms with van der Waals surface area (Å²) in [7, 11) is 1.73. The number of piperazine rings is 1. The maximum absolute atomic E-state index is 13.8. The fourth-order valence-electron chi connectivity index (χ4n) is 3.74. The van der Waals surface area contributed by atoms with Crippen molar-refractivity contribution < 1.29 is 14.0 Å². The van der Waals surface area contributed by atoms with Gasteiger partial charge in [-0.25, -0.2) is 19.2 Å². The first kappa shape index (κ1) is 23.1. The number of urea groups is 1. The van der Waals surface area contributed by atoms with E-state index < -0.39 is 0 Å². The molecule has 0 spiro atoms. The lowest BCUT2D eigenvalue weighted by Gasteiger charge is -2.25. The Morgan fingerprint density at radius 2 is 2.00 bits per heavy atom. The van der Waals surface area contributed by atoms with Crippen LogP contribution in [0.1, 0.15) is 21.7 Å². The van der Waals surface area contributed by atoms with E-state index in [2.05, 4.69) is 20.6 Å². The molecule has 0 saturated carbocycles. The maximum Gasteiger partial charge on any atom is 0.343 e. The number of nitrogens with zero attached hydrogens (tertiary/aromatic N) is 4. The lowest BCUT2D eigenvalue weighted by molar-refractivity contribution is 0.0942. The fourth-order valence-corrected chi connectivity index (χ4v) is 3.74. The number of allylic oxidation sites excluding steroid dienone is 1. The molecule has 0 radical (unpaired) electrons. The predicted molar refractivity (Wildman–Crippen MR) is 129 cm³/mol. The number of benzene rings is 1. The number of aromatic nitrogens is 2. The molecular formula is C24H26FN7O2. The number of amides is 3. The fraction of sp³-hybridized carbons (Fsp3) is 0.250. The van der Waals surface area contributed by atoms with Crippen LogP contribution in [0.15, 0.2) is 53.7 Å². The van der Waals surface area contributed by atoms with Gasteiger partial charge in [-0.2, -0.15) is 0 Å². The van der Waals surface area contributed by atoms with Gasteiger partial charge in [-0.3, -0.25) is 4.79 Å². The van der Waals surface area contributed by atoms with E-state index in [1.807, 2.05) is 6.07 Å². The summed E-state index contributed by atoms with van der Waals surface area (Å²) in [5.41, 5.74) is 8.14. The van der Waals surface area contributed by atoms with Crippen molar-refractivity contribution >= 4 is 34.8 Å². The zero-order chi connectivity index (χ0) is 24.1. The van der Waals surface area contributed by atoms with Gasteiger partial charge < -0.3 is 25.8 Å². The van der Waals surface area contributed by atoms with Gasteiger partial charge in [0.05, 0.1) is 5.69 Å². The number of pyridine rings is 1. The molecule has 34 heavy (non-hydrogen) atoms. The smallest absolute Gasteiger partial charge is 0.343 e.